The lowest BCUT2D eigenvalue weighted by Crippen LogP contribution is -2.57. The molecule has 0 bridgehead atoms. The SMILES string of the molecule is CC(=O)Nc1cc(F)cc(C(=O)N2CCN(C(=O)c3ccc(OC4CCCC4)c(C4CCCCC4)c3)[C@@H](CC(C)C)C2)c1. The molecule has 232 valence electrons. The van der Waals surface area contributed by atoms with Crippen LogP contribution in [0.2, 0.25) is 0 Å². The number of amides is 3. The Bertz CT molecular complexity index is 1320. The molecule has 0 spiro atoms. The lowest BCUT2D eigenvalue weighted by molar-refractivity contribution is -0.114. The predicted octanol–water partition coefficient (Wildman–Crippen LogP) is 7.17. The zero-order chi connectivity index (χ0) is 30.5. The molecule has 0 unspecified atom stereocenters. The Morgan fingerprint density at radius 3 is 2.33 bits per heavy atom. The van der Waals surface area contributed by atoms with Crippen molar-refractivity contribution < 1.29 is 23.5 Å². The molecule has 1 heterocycles. The summed E-state index contributed by atoms with van der Waals surface area (Å²) in [5.41, 5.74) is 2.28. The van der Waals surface area contributed by atoms with Gasteiger partial charge in [0.2, 0.25) is 5.91 Å². The molecule has 1 N–H and O–H groups in total. The Balaban J connectivity index is 1.36. The Morgan fingerprint density at radius 2 is 1.63 bits per heavy atom. The highest BCUT2D eigenvalue weighted by Gasteiger charge is 2.34. The monoisotopic (exact) mass is 591 g/mol. The van der Waals surface area contributed by atoms with Crippen molar-refractivity contribution in [2.24, 2.45) is 5.92 Å². The van der Waals surface area contributed by atoms with Gasteiger partial charge in [-0.05, 0) is 98.7 Å². The van der Waals surface area contributed by atoms with E-state index < -0.39 is 5.82 Å². The Labute approximate surface area is 255 Å². The van der Waals surface area contributed by atoms with Crippen molar-refractivity contribution in [1.82, 2.24) is 9.80 Å². The third-order valence-corrected chi connectivity index (χ3v) is 9.14. The number of hydrogen-bond donors (Lipinski definition) is 1. The van der Waals surface area contributed by atoms with Gasteiger partial charge in [0.1, 0.15) is 11.6 Å². The van der Waals surface area contributed by atoms with Crippen molar-refractivity contribution in [3.05, 3.63) is 58.9 Å². The maximum atomic E-state index is 14.3. The summed E-state index contributed by atoms with van der Waals surface area (Å²) in [7, 11) is 0. The van der Waals surface area contributed by atoms with Crippen LogP contribution in [-0.2, 0) is 4.79 Å². The average Bonchev–Trinajstić information content (AvgIpc) is 3.49. The quantitative estimate of drug-likeness (QED) is 0.353. The van der Waals surface area contributed by atoms with Gasteiger partial charge in [-0.15, -0.1) is 0 Å². The van der Waals surface area contributed by atoms with Gasteiger partial charge >= 0.3 is 0 Å². The van der Waals surface area contributed by atoms with Gasteiger partial charge in [0.15, 0.2) is 0 Å². The summed E-state index contributed by atoms with van der Waals surface area (Å²) in [5.74, 6) is 0.427. The number of ether oxygens (including phenoxy) is 1. The topological polar surface area (TPSA) is 79.0 Å². The molecule has 1 saturated heterocycles. The minimum absolute atomic E-state index is 0.0130. The fourth-order valence-corrected chi connectivity index (χ4v) is 7.10. The van der Waals surface area contributed by atoms with Crippen LogP contribution < -0.4 is 10.1 Å². The van der Waals surface area contributed by atoms with E-state index in [0.29, 0.717) is 37.0 Å². The van der Waals surface area contributed by atoms with Gasteiger partial charge in [-0.3, -0.25) is 14.4 Å². The van der Waals surface area contributed by atoms with Crippen LogP contribution in [0.5, 0.6) is 5.75 Å². The summed E-state index contributed by atoms with van der Waals surface area (Å²) in [6, 6.07) is 9.75. The number of carbonyl (C=O) groups excluding carboxylic acids is 3. The first-order valence-electron chi connectivity index (χ1n) is 16.2. The first kappa shape index (κ1) is 31.0. The molecule has 2 aliphatic carbocycles. The van der Waals surface area contributed by atoms with Crippen molar-refractivity contribution in [3.63, 3.8) is 0 Å². The van der Waals surface area contributed by atoms with Crippen LogP contribution in [0.1, 0.15) is 117 Å². The molecule has 2 aromatic rings. The molecule has 1 atom stereocenters. The zero-order valence-corrected chi connectivity index (χ0v) is 25.9. The normalized spacial score (nSPS) is 20.0. The van der Waals surface area contributed by atoms with Crippen LogP contribution in [-0.4, -0.2) is 59.3 Å². The second-order valence-electron chi connectivity index (χ2n) is 13.1. The number of carbonyl (C=O) groups is 3. The molecule has 3 aliphatic rings. The summed E-state index contributed by atoms with van der Waals surface area (Å²) in [5, 5.41) is 2.56. The van der Waals surface area contributed by atoms with Crippen molar-refractivity contribution in [3.8, 4) is 5.75 Å². The molecule has 1 aliphatic heterocycles. The number of piperazine rings is 1. The number of anilines is 1. The number of rotatable bonds is 8. The summed E-state index contributed by atoms with van der Waals surface area (Å²) in [6.45, 7) is 6.69. The van der Waals surface area contributed by atoms with Crippen LogP contribution in [0.3, 0.4) is 0 Å². The number of nitrogens with zero attached hydrogens (tertiary/aromatic N) is 2. The summed E-state index contributed by atoms with van der Waals surface area (Å²) in [6.07, 6.45) is 11.5. The fraction of sp³-hybridized carbons (Fsp3) is 0.571. The molecule has 7 nitrogen and oxygen atoms in total. The molecule has 0 radical (unpaired) electrons. The van der Waals surface area contributed by atoms with E-state index in [1.807, 2.05) is 17.0 Å². The van der Waals surface area contributed by atoms with E-state index in [-0.39, 0.29) is 41.1 Å². The van der Waals surface area contributed by atoms with E-state index in [0.717, 1.165) is 37.9 Å². The van der Waals surface area contributed by atoms with Crippen LogP contribution in [0.4, 0.5) is 10.1 Å². The van der Waals surface area contributed by atoms with Crippen LogP contribution in [0.15, 0.2) is 36.4 Å². The summed E-state index contributed by atoms with van der Waals surface area (Å²) < 4.78 is 20.8. The van der Waals surface area contributed by atoms with Gasteiger partial charge in [-0.2, -0.15) is 0 Å². The minimum atomic E-state index is -0.587. The maximum Gasteiger partial charge on any atom is 0.254 e. The third-order valence-electron chi connectivity index (χ3n) is 9.14. The predicted molar refractivity (Wildman–Crippen MR) is 166 cm³/mol. The van der Waals surface area contributed by atoms with Crippen LogP contribution >= 0.6 is 0 Å². The molecular weight excluding hydrogens is 545 g/mol. The molecule has 43 heavy (non-hydrogen) atoms. The maximum absolute atomic E-state index is 14.3. The Kier molecular flexibility index (Phi) is 10.0. The molecule has 8 heteroatoms. The molecule has 5 rings (SSSR count). The Morgan fingerprint density at radius 1 is 0.907 bits per heavy atom. The van der Waals surface area contributed by atoms with Gasteiger partial charge in [-0.25, -0.2) is 4.39 Å². The first-order chi connectivity index (χ1) is 20.7. The van der Waals surface area contributed by atoms with Gasteiger partial charge in [0.25, 0.3) is 11.8 Å². The van der Waals surface area contributed by atoms with Gasteiger partial charge in [0.05, 0.1) is 6.10 Å². The van der Waals surface area contributed by atoms with Crippen LogP contribution in [0.25, 0.3) is 0 Å². The lowest BCUT2D eigenvalue weighted by atomic mass is 9.83. The fourth-order valence-electron chi connectivity index (χ4n) is 7.10. The second kappa shape index (κ2) is 13.9. The largest absolute Gasteiger partial charge is 0.490 e. The third kappa shape index (κ3) is 7.76. The molecule has 2 aromatic carbocycles. The molecule has 0 aromatic heterocycles. The highest BCUT2D eigenvalue weighted by Crippen LogP contribution is 2.40. The highest BCUT2D eigenvalue weighted by atomic mass is 19.1. The van der Waals surface area contributed by atoms with E-state index in [2.05, 4.69) is 25.2 Å². The lowest BCUT2D eigenvalue weighted by Gasteiger charge is -2.42. The van der Waals surface area contributed by atoms with E-state index in [1.165, 1.54) is 62.8 Å². The number of benzene rings is 2. The summed E-state index contributed by atoms with van der Waals surface area (Å²) >= 11 is 0. The average molecular weight is 592 g/mol. The second-order valence-corrected chi connectivity index (χ2v) is 13.1. The standard InChI is InChI=1S/C35H46FN3O4/c1-23(2)17-30-22-38(34(41)27-18-28(36)21-29(19-27)37-24(3)40)15-16-39(30)35(42)26-13-14-33(43-31-11-7-8-12-31)32(20-26)25-9-5-4-6-10-25/h13-14,18-21,23,25,30-31H,4-12,15-17,22H2,1-3H3,(H,37,40)/t30-/m0/s1. The number of halogens is 1. The number of hydrogen-bond acceptors (Lipinski definition) is 4. The van der Waals surface area contributed by atoms with E-state index in [9.17, 15) is 18.8 Å². The highest BCUT2D eigenvalue weighted by molar-refractivity contribution is 5.98. The van der Waals surface area contributed by atoms with Gasteiger partial charge in [-0.1, -0.05) is 33.1 Å². The van der Waals surface area contributed by atoms with E-state index >= 15 is 0 Å². The van der Waals surface area contributed by atoms with Crippen molar-refractivity contribution in [2.45, 2.75) is 103 Å². The molecule has 3 amide bonds. The Hall–Kier alpha value is -3.42. The van der Waals surface area contributed by atoms with Crippen LogP contribution in [0, 0.1) is 11.7 Å². The molecule has 3 fully saturated rings. The van der Waals surface area contributed by atoms with E-state index in [4.69, 9.17) is 4.74 Å². The number of nitrogens with one attached hydrogen (secondary N) is 1. The van der Waals surface area contributed by atoms with Crippen molar-refractivity contribution in [2.75, 3.05) is 25.0 Å². The van der Waals surface area contributed by atoms with Crippen molar-refractivity contribution in [1.29, 1.82) is 0 Å². The van der Waals surface area contributed by atoms with E-state index in [1.54, 1.807) is 4.90 Å². The molecule has 2 saturated carbocycles. The first-order valence-corrected chi connectivity index (χ1v) is 16.2. The molecular formula is C35H46FN3O4. The summed E-state index contributed by atoms with van der Waals surface area (Å²) in [4.78, 5) is 42.7. The van der Waals surface area contributed by atoms with Gasteiger partial charge in [0, 0.05) is 49.4 Å². The minimum Gasteiger partial charge on any atom is -0.490 e. The smallest absolute Gasteiger partial charge is 0.254 e. The zero-order valence-electron chi connectivity index (χ0n) is 25.9. The van der Waals surface area contributed by atoms with Gasteiger partial charge < -0.3 is 19.9 Å². The van der Waals surface area contributed by atoms with Crippen molar-refractivity contribution >= 4 is 23.4 Å².